The lowest BCUT2D eigenvalue weighted by Gasteiger charge is -2.06. The molecular formula is C14H8BrCl2FO. The molecule has 0 saturated heterocycles. The molecule has 0 aliphatic rings. The summed E-state index contributed by atoms with van der Waals surface area (Å²) >= 11 is 14.9. The van der Waals surface area contributed by atoms with Crippen molar-refractivity contribution >= 4 is 44.9 Å². The fraction of sp³-hybridized carbons (Fsp3) is 0.0714. The van der Waals surface area contributed by atoms with Gasteiger partial charge in [-0.15, -0.1) is 0 Å². The molecule has 0 aliphatic heterocycles. The van der Waals surface area contributed by atoms with Crippen LogP contribution in [0.5, 0.6) is 0 Å². The van der Waals surface area contributed by atoms with Crippen LogP contribution in [0, 0.1) is 5.82 Å². The fourth-order valence-corrected chi connectivity index (χ4v) is 2.64. The second kappa shape index (κ2) is 6.04. The van der Waals surface area contributed by atoms with Gasteiger partial charge in [0.05, 0.1) is 10.0 Å². The van der Waals surface area contributed by atoms with Gasteiger partial charge in [-0.3, -0.25) is 4.79 Å². The first kappa shape index (κ1) is 14.5. The van der Waals surface area contributed by atoms with E-state index < -0.39 is 5.82 Å². The Morgan fingerprint density at radius 2 is 1.89 bits per heavy atom. The third-order valence-corrected chi connectivity index (χ3v) is 3.71. The summed E-state index contributed by atoms with van der Waals surface area (Å²) in [5, 5.41) is 0.342. The monoisotopic (exact) mass is 360 g/mol. The van der Waals surface area contributed by atoms with Crippen molar-refractivity contribution in [1.82, 2.24) is 0 Å². The van der Waals surface area contributed by atoms with E-state index in [0.29, 0.717) is 10.6 Å². The second-order valence-corrected chi connectivity index (χ2v) is 5.67. The smallest absolute Gasteiger partial charge is 0.168 e. The van der Waals surface area contributed by atoms with Crippen molar-refractivity contribution in [3.05, 3.63) is 67.9 Å². The number of hydrogen-bond donors (Lipinski definition) is 0. The number of ketones is 1. The number of benzene rings is 2. The van der Waals surface area contributed by atoms with Gasteiger partial charge in [0.2, 0.25) is 0 Å². The Kier molecular flexibility index (Phi) is 4.61. The van der Waals surface area contributed by atoms with E-state index in [2.05, 4.69) is 15.9 Å². The number of hydrogen-bond acceptors (Lipinski definition) is 1. The number of carbonyl (C=O) groups is 1. The first-order valence-electron chi connectivity index (χ1n) is 5.40. The molecular weight excluding hydrogens is 354 g/mol. The van der Waals surface area contributed by atoms with Crippen LogP contribution < -0.4 is 0 Å². The molecule has 0 spiro atoms. The summed E-state index contributed by atoms with van der Waals surface area (Å²) in [4.78, 5) is 12.1. The zero-order chi connectivity index (χ0) is 14.0. The number of carbonyl (C=O) groups excluding carboxylic acids is 1. The molecule has 2 aromatic rings. The van der Waals surface area contributed by atoms with Crippen molar-refractivity contribution in [2.45, 2.75) is 6.42 Å². The number of Topliss-reactive ketones (excluding diaryl/α,β-unsaturated/α-hetero) is 1. The lowest BCUT2D eigenvalue weighted by molar-refractivity contribution is 0.0992. The third kappa shape index (κ3) is 3.35. The van der Waals surface area contributed by atoms with Crippen LogP contribution in [-0.4, -0.2) is 5.78 Å². The Morgan fingerprint density at radius 3 is 2.58 bits per heavy atom. The molecule has 0 N–H and O–H groups in total. The molecule has 2 rings (SSSR count). The molecule has 0 aliphatic carbocycles. The van der Waals surface area contributed by atoms with Crippen LogP contribution in [0.1, 0.15) is 15.9 Å². The van der Waals surface area contributed by atoms with Crippen molar-refractivity contribution in [1.29, 1.82) is 0 Å². The van der Waals surface area contributed by atoms with E-state index in [-0.39, 0.29) is 22.8 Å². The summed E-state index contributed by atoms with van der Waals surface area (Å²) in [7, 11) is 0. The Bertz CT molecular complexity index is 643. The van der Waals surface area contributed by atoms with Gasteiger partial charge in [-0.2, -0.15) is 0 Å². The topological polar surface area (TPSA) is 17.1 Å². The summed E-state index contributed by atoms with van der Waals surface area (Å²) in [6.07, 6.45) is -0.0756. The summed E-state index contributed by atoms with van der Waals surface area (Å²) in [5.41, 5.74) is 0.626. The molecule has 0 fully saturated rings. The highest BCUT2D eigenvalue weighted by Gasteiger charge is 2.15. The average molecular weight is 362 g/mol. The lowest BCUT2D eigenvalue weighted by Crippen LogP contribution is -2.06. The third-order valence-electron chi connectivity index (χ3n) is 2.61. The summed E-state index contributed by atoms with van der Waals surface area (Å²) < 4.78 is 14.5. The molecule has 1 nitrogen and oxygen atoms in total. The van der Waals surface area contributed by atoms with Gasteiger partial charge in [0, 0.05) is 16.5 Å². The van der Waals surface area contributed by atoms with Crippen molar-refractivity contribution in [2.24, 2.45) is 0 Å². The molecule has 0 heterocycles. The van der Waals surface area contributed by atoms with Gasteiger partial charge in [-0.1, -0.05) is 51.3 Å². The van der Waals surface area contributed by atoms with Gasteiger partial charge in [-0.05, 0) is 29.8 Å². The van der Waals surface area contributed by atoms with Gasteiger partial charge in [0.25, 0.3) is 0 Å². The zero-order valence-corrected chi connectivity index (χ0v) is 12.7. The van der Waals surface area contributed by atoms with Crippen LogP contribution in [0.25, 0.3) is 0 Å². The van der Waals surface area contributed by atoms with Crippen molar-refractivity contribution in [2.75, 3.05) is 0 Å². The largest absolute Gasteiger partial charge is 0.294 e. The molecule has 0 saturated carbocycles. The van der Waals surface area contributed by atoms with Crippen molar-refractivity contribution < 1.29 is 9.18 Å². The molecule has 0 amide bonds. The maximum absolute atomic E-state index is 13.7. The molecule has 19 heavy (non-hydrogen) atoms. The highest BCUT2D eigenvalue weighted by atomic mass is 79.9. The van der Waals surface area contributed by atoms with Gasteiger partial charge in [-0.25, -0.2) is 4.39 Å². The summed E-state index contributed by atoms with van der Waals surface area (Å²) in [6, 6.07) is 9.54. The maximum Gasteiger partial charge on any atom is 0.168 e. The van der Waals surface area contributed by atoms with E-state index in [1.807, 2.05) is 0 Å². The second-order valence-electron chi connectivity index (χ2n) is 3.94. The first-order chi connectivity index (χ1) is 8.99. The minimum atomic E-state index is -0.564. The Labute approximate surface area is 128 Å². The summed E-state index contributed by atoms with van der Waals surface area (Å²) in [6.45, 7) is 0. The van der Waals surface area contributed by atoms with Crippen LogP contribution in [0.2, 0.25) is 10.0 Å². The van der Waals surface area contributed by atoms with E-state index in [1.165, 1.54) is 12.1 Å². The Morgan fingerprint density at radius 1 is 1.16 bits per heavy atom. The standard InChI is InChI=1S/C14H8BrCl2FO/c15-9-4-5-10(12(17)7-9)13(19)6-8-2-1-3-11(16)14(8)18/h1-5,7H,6H2. The van der Waals surface area contributed by atoms with E-state index in [4.69, 9.17) is 23.2 Å². The van der Waals surface area contributed by atoms with E-state index in [0.717, 1.165) is 4.47 Å². The van der Waals surface area contributed by atoms with E-state index >= 15 is 0 Å². The Balaban J connectivity index is 2.28. The molecule has 0 radical (unpaired) electrons. The predicted octanol–water partition coefficient (Wildman–Crippen LogP) is 5.32. The number of halogens is 4. The highest BCUT2D eigenvalue weighted by Crippen LogP contribution is 2.24. The highest BCUT2D eigenvalue weighted by molar-refractivity contribution is 9.10. The minimum absolute atomic E-state index is 0.00667. The molecule has 5 heteroatoms. The fourth-order valence-electron chi connectivity index (χ4n) is 1.67. The van der Waals surface area contributed by atoms with Crippen LogP contribution in [0.4, 0.5) is 4.39 Å². The van der Waals surface area contributed by atoms with Crippen LogP contribution in [0.3, 0.4) is 0 Å². The van der Waals surface area contributed by atoms with Gasteiger partial charge in [0.15, 0.2) is 5.78 Å². The minimum Gasteiger partial charge on any atom is -0.294 e. The first-order valence-corrected chi connectivity index (χ1v) is 6.95. The lowest BCUT2D eigenvalue weighted by atomic mass is 10.0. The molecule has 0 aromatic heterocycles. The quantitative estimate of drug-likeness (QED) is 0.676. The normalized spacial score (nSPS) is 10.5. The van der Waals surface area contributed by atoms with Crippen LogP contribution >= 0.6 is 39.1 Å². The number of rotatable bonds is 3. The van der Waals surface area contributed by atoms with Crippen LogP contribution in [0.15, 0.2) is 40.9 Å². The van der Waals surface area contributed by atoms with Gasteiger partial charge >= 0.3 is 0 Å². The van der Waals surface area contributed by atoms with E-state index in [9.17, 15) is 9.18 Å². The zero-order valence-electron chi connectivity index (χ0n) is 9.59. The predicted molar refractivity (Wildman–Crippen MR) is 78.6 cm³/mol. The van der Waals surface area contributed by atoms with Crippen LogP contribution in [-0.2, 0) is 6.42 Å². The van der Waals surface area contributed by atoms with Gasteiger partial charge in [0.1, 0.15) is 5.82 Å². The van der Waals surface area contributed by atoms with Crippen molar-refractivity contribution in [3.8, 4) is 0 Å². The van der Waals surface area contributed by atoms with Crippen molar-refractivity contribution in [3.63, 3.8) is 0 Å². The SMILES string of the molecule is O=C(Cc1cccc(Cl)c1F)c1ccc(Br)cc1Cl. The molecule has 0 unspecified atom stereocenters. The summed E-state index contributed by atoms with van der Waals surface area (Å²) in [5.74, 6) is -0.815. The Hall–Kier alpha value is -0.900. The maximum atomic E-state index is 13.7. The molecule has 2 aromatic carbocycles. The molecule has 0 atom stereocenters. The van der Waals surface area contributed by atoms with E-state index in [1.54, 1.807) is 24.3 Å². The van der Waals surface area contributed by atoms with Gasteiger partial charge < -0.3 is 0 Å². The molecule has 98 valence electrons. The average Bonchev–Trinajstić information content (AvgIpc) is 2.34. The molecule has 0 bridgehead atoms.